The van der Waals surface area contributed by atoms with Crippen LogP contribution in [0.4, 0.5) is 0 Å². The van der Waals surface area contributed by atoms with E-state index in [-0.39, 0.29) is 24.2 Å². The van der Waals surface area contributed by atoms with Crippen molar-refractivity contribution in [1.82, 2.24) is 10.2 Å². The zero-order valence-electron chi connectivity index (χ0n) is 7.28. The van der Waals surface area contributed by atoms with Gasteiger partial charge in [-0.25, -0.2) is 0 Å². The second-order valence-corrected chi connectivity index (χ2v) is 3.35. The van der Waals surface area contributed by atoms with Gasteiger partial charge >= 0.3 is 0 Å². The van der Waals surface area contributed by atoms with Gasteiger partial charge < -0.3 is 0 Å². The second kappa shape index (κ2) is 4.07. The maximum atomic E-state index is 11.1. The van der Waals surface area contributed by atoms with Gasteiger partial charge in [0, 0.05) is 18.9 Å². The molecule has 0 aromatic rings. The number of amides is 2. The normalized spacial score (nSPS) is 22.0. The molecule has 0 aromatic carbocycles. The predicted molar refractivity (Wildman–Crippen MR) is 49.4 cm³/mol. The molecule has 1 aliphatic heterocycles. The molecule has 2 aliphatic rings. The molecule has 13 heavy (non-hydrogen) atoms. The number of likely N-dealkylation sites (tertiary alicyclic amines) is 1. The quantitative estimate of drug-likeness (QED) is 0.672. The predicted octanol–water partition coefficient (Wildman–Crippen LogP) is 0.267. The van der Waals surface area contributed by atoms with E-state index in [1.807, 2.05) is 0 Å². The highest BCUT2D eigenvalue weighted by atomic mass is 35.5. The van der Waals surface area contributed by atoms with Crippen molar-refractivity contribution in [2.75, 3.05) is 6.67 Å². The second-order valence-electron chi connectivity index (χ2n) is 3.35. The van der Waals surface area contributed by atoms with Crippen LogP contribution in [0.25, 0.3) is 0 Å². The van der Waals surface area contributed by atoms with Crippen LogP contribution in [0.3, 0.4) is 0 Å². The van der Waals surface area contributed by atoms with Crippen LogP contribution in [-0.2, 0) is 9.59 Å². The molecule has 0 bridgehead atoms. The summed E-state index contributed by atoms with van der Waals surface area (Å²) in [6.45, 7) is 0.419. The highest BCUT2D eigenvalue weighted by Gasteiger charge is 2.30. The lowest BCUT2D eigenvalue weighted by atomic mass is 10.4. The smallest absolute Gasteiger partial charge is 0.230 e. The van der Waals surface area contributed by atoms with E-state index in [4.69, 9.17) is 0 Å². The van der Waals surface area contributed by atoms with Gasteiger partial charge in [-0.1, -0.05) is 0 Å². The van der Waals surface area contributed by atoms with Crippen LogP contribution in [0, 0.1) is 0 Å². The molecule has 2 amide bonds. The fraction of sp³-hybridized carbons (Fsp3) is 0.750. The van der Waals surface area contributed by atoms with Gasteiger partial charge in [-0.2, -0.15) is 0 Å². The van der Waals surface area contributed by atoms with Gasteiger partial charge in [0.2, 0.25) is 11.8 Å². The van der Waals surface area contributed by atoms with Crippen molar-refractivity contribution in [1.29, 1.82) is 0 Å². The zero-order chi connectivity index (χ0) is 8.55. The first-order valence-corrected chi connectivity index (χ1v) is 4.34. The summed E-state index contributed by atoms with van der Waals surface area (Å²) >= 11 is 0. The molecule has 0 aromatic heterocycles. The van der Waals surface area contributed by atoms with Gasteiger partial charge in [0.15, 0.2) is 0 Å². The molecule has 2 fully saturated rings. The zero-order valence-corrected chi connectivity index (χ0v) is 8.10. The summed E-state index contributed by atoms with van der Waals surface area (Å²) < 4.78 is 0. The third-order valence-electron chi connectivity index (χ3n) is 2.27. The number of carbonyl (C=O) groups is 2. The molecule has 1 aliphatic carbocycles. The molecule has 2 rings (SSSR count). The Kier molecular flexibility index (Phi) is 3.27. The largest absolute Gasteiger partial charge is 0.297 e. The van der Waals surface area contributed by atoms with Crippen molar-refractivity contribution in [2.24, 2.45) is 0 Å². The molecule has 0 radical (unpaired) electrons. The van der Waals surface area contributed by atoms with Crippen LogP contribution in [0.1, 0.15) is 25.7 Å². The van der Waals surface area contributed by atoms with E-state index in [0.29, 0.717) is 25.6 Å². The molecular weight excluding hydrogens is 192 g/mol. The average molecular weight is 205 g/mol. The van der Waals surface area contributed by atoms with Crippen LogP contribution >= 0.6 is 12.4 Å². The van der Waals surface area contributed by atoms with Crippen molar-refractivity contribution in [2.45, 2.75) is 31.7 Å². The molecule has 4 nitrogen and oxygen atoms in total. The standard InChI is InChI=1S/C8H12N2O2.ClH/c11-7-3-4-8(12)10(7)5-9-6-1-2-6;/h6,9H,1-5H2;1H. The SMILES string of the molecule is Cl.O=C1CCC(=O)N1CNC1CC1. The Morgan fingerprint density at radius 2 is 1.77 bits per heavy atom. The minimum atomic E-state index is -0.0341. The average Bonchev–Trinajstić information content (AvgIpc) is 2.80. The Balaban J connectivity index is 0.000000845. The van der Waals surface area contributed by atoms with Gasteiger partial charge in [-0.05, 0) is 12.8 Å². The molecule has 74 valence electrons. The molecule has 1 N–H and O–H groups in total. The first-order valence-electron chi connectivity index (χ1n) is 4.34. The Morgan fingerprint density at radius 3 is 2.23 bits per heavy atom. The van der Waals surface area contributed by atoms with Crippen molar-refractivity contribution >= 4 is 24.2 Å². The molecule has 1 heterocycles. The summed E-state index contributed by atoms with van der Waals surface area (Å²) in [6, 6.07) is 0.547. The van der Waals surface area contributed by atoms with Gasteiger partial charge in [0.1, 0.15) is 0 Å². The number of carbonyl (C=O) groups excluding carboxylic acids is 2. The van der Waals surface area contributed by atoms with Crippen molar-refractivity contribution in [3.8, 4) is 0 Å². The molecule has 5 heteroatoms. The van der Waals surface area contributed by atoms with Crippen LogP contribution < -0.4 is 5.32 Å². The topological polar surface area (TPSA) is 49.4 Å². The summed E-state index contributed by atoms with van der Waals surface area (Å²) in [5.74, 6) is -0.0682. The summed E-state index contributed by atoms with van der Waals surface area (Å²) in [5, 5.41) is 3.14. The van der Waals surface area contributed by atoms with Crippen molar-refractivity contribution in [3.05, 3.63) is 0 Å². The number of hydrogen-bond donors (Lipinski definition) is 1. The van der Waals surface area contributed by atoms with E-state index in [2.05, 4.69) is 5.32 Å². The highest BCUT2D eigenvalue weighted by Crippen LogP contribution is 2.19. The van der Waals surface area contributed by atoms with E-state index in [9.17, 15) is 9.59 Å². The van der Waals surface area contributed by atoms with E-state index >= 15 is 0 Å². The minimum Gasteiger partial charge on any atom is -0.297 e. The van der Waals surface area contributed by atoms with E-state index in [1.165, 1.54) is 17.7 Å². The molecule has 0 unspecified atom stereocenters. The fourth-order valence-electron chi connectivity index (χ4n) is 1.31. The molecular formula is C8H13ClN2O2. The first kappa shape index (κ1) is 10.5. The molecule has 1 saturated heterocycles. The lowest BCUT2D eigenvalue weighted by molar-refractivity contribution is -0.138. The van der Waals surface area contributed by atoms with Gasteiger partial charge in [-0.15, -0.1) is 12.4 Å². The van der Waals surface area contributed by atoms with E-state index in [0.717, 1.165) is 0 Å². The molecule has 0 spiro atoms. The van der Waals surface area contributed by atoms with Crippen LogP contribution in [-0.4, -0.2) is 29.4 Å². The number of halogens is 1. The van der Waals surface area contributed by atoms with E-state index < -0.39 is 0 Å². The Labute approximate surface area is 83.1 Å². The first-order chi connectivity index (χ1) is 5.77. The number of rotatable bonds is 3. The summed E-state index contributed by atoms with van der Waals surface area (Å²) in [4.78, 5) is 23.5. The minimum absolute atomic E-state index is 0. The highest BCUT2D eigenvalue weighted by molar-refractivity contribution is 6.01. The third-order valence-corrected chi connectivity index (χ3v) is 2.27. The van der Waals surface area contributed by atoms with Crippen LogP contribution in [0.2, 0.25) is 0 Å². The Morgan fingerprint density at radius 1 is 1.23 bits per heavy atom. The fourth-order valence-corrected chi connectivity index (χ4v) is 1.31. The summed E-state index contributed by atoms with van der Waals surface area (Å²) in [5.41, 5.74) is 0. The van der Waals surface area contributed by atoms with Gasteiger partial charge in [-0.3, -0.25) is 19.8 Å². The Bertz CT molecular complexity index is 212. The van der Waals surface area contributed by atoms with E-state index in [1.54, 1.807) is 0 Å². The van der Waals surface area contributed by atoms with Gasteiger partial charge in [0.05, 0.1) is 6.67 Å². The van der Waals surface area contributed by atoms with Crippen LogP contribution in [0.15, 0.2) is 0 Å². The summed E-state index contributed by atoms with van der Waals surface area (Å²) in [6.07, 6.45) is 3.14. The maximum Gasteiger partial charge on any atom is 0.230 e. The summed E-state index contributed by atoms with van der Waals surface area (Å²) in [7, 11) is 0. The lowest BCUT2D eigenvalue weighted by Gasteiger charge is -2.13. The van der Waals surface area contributed by atoms with Gasteiger partial charge in [0.25, 0.3) is 0 Å². The monoisotopic (exact) mass is 204 g/mol. The van der Waals surface area contributed by atoms with Crippen molar-refractivity contribution < 1.29 is 9.59 Å². The van der Waals surface area contributed by atoms with Crippen LogP contribution in [0.5, 0.6) is 0 Å². The molecule has 0 atom stereocenters. The molecule has 1 saturated carbocycles. The van der Waals surface area contributed by atoms with Crippen molar-refractivity contribution in [3.63, 3.8) is 0 Å². The number of imide groups is 1. The number of nitrogens with zero attached hydrogens (tertiary/aromatic N) is 1. The lowest BCUT2D eigenvalue weighted by Crippen LogP contribution is -2.38. The number of hydrogen-bond acceptors (Lipinski definition) is 3. The third kappa shape index (κ3) is 2.42. The Hall–Kier alpha value is -0.610. The number of nitrogens with one attached hydrogen (secondary N) is 1. The maximum absolute atomic E-state index is 11.1.